The summed E-state index contributed by atoms with van der Waals surface area (Å²) in [6.45, 7) is 8.15. The van der Waals surface area contributed by atoms with Crippen LogP contribution in [0.2, 0.25) is 0 Å². The molecule has 23 heavy (non-hydrogen) atoms. The molecule has 1 aliphatic carbocycles. The van der Waals surface area contributed by atoms with E-state index in [1.807, 2.05) is 0 Å². The highest BCUT2D eigenvalue weighted by molar-refractivity contribution is 5.90. The molecule has 1 fully saturated rings. The van der Waals surface area contributed by atoms with Crippen molar-refractivity contribution in [3.63, 3.8) is 0 Å². The minimum atomic E-state index is -0.442. The first-order valence-electron chi connectivity index (χ1n) is 8.25. The Morgan fingerprint density at radius 2 is 2.04 bits per heavy atom. The molecular weight excluding hydrogens is 294 g/mol. The summed E-state index contributed by atoms with van der Waals surface area (Å²) in [6.07, 6.45) is 3.08. The highest BCUT2D eigenvalue weighted by atomic mass is 16.6. The van der Waals surface area contributed by atoms with E-state index in [0.717, 1.165) is 12.8 Å². The van der Waals surface area contributed by atoms with Crippen LogP contribution in [0.15, 0.2) is 18.2 Å². The Morgan fingerprint density at radius 3 is 2.61 bits per heavy atom. The second kappa shape index (κ2) is 7.11. The molecule has 0 N–H and O–H groups in total. The summed E-state index contributed by atoms with van der Waals surface area (Å²) in [7, 11) is 0. The number of nitro benzene ring substituents is 1. The van der Waals surface area contributed by atoms with Crippen molar-refractivity contribution in [2.75, 3.05) is 0 Å². The average molecular weight is 319 g/mol. The monoisotopic (exact) mass is 319 g/mol. The molecule has 2 rings (SSSR count). The van der Waals surface area contributed by atoms with E-state index < -0.39 is 4.92 Å². The standard InChI is InChI=1S/C18H25NO4/c1-11(2)15-7-5-12(3)9-17(15)23-18(20)14-6-8-16(19(21)22)13(4)10-14/h6,8,10-12,15,17H,5,7,9H2,1-4H3/t12-,15-,17+/m0/s1. The molecule has 1 aliphatic rings. The number of rotatable bonds is 4. The van der Waals surface area contributed by atoms with Gasteiger partial charge in [-0.25, -0.2) is 4.79 Å². The van der Waals surface area contributed by atoms with Gasteiger partial charge in [-0.3, -0.25) is 10.1 Å². The van der Waals surface area contributed by atoms with Crippen LogP contribution in [0, 0.1) is 34.8 Å². The van der Waals surface area contributed by atoms with Crippen LogP contribution in [-0.4, -0.2) is 17.0 Å². The Kier molecular flexibility index (Phi) is 5.39. The minimum Gasteiger partial charge on any atom is -0.458 e. The quantitative estimate of drug-likeness (QED) is 0.465. The first-order chi connectivity index (χ1) is 10.8. The number of benzene rings is 1. The molecule has 0 spiro atoms. The van der Waals surface area contributed by atoms with Crippen molar-refractivity contribution in [3.8, 4) is 0 Å². The van der Waals surface area contributed by atoms with Crippen LogP contribution in [0.4, 0.5) is 5.69 Å². The van der Waals surface area contributed by atoms with Crippen molar-refractivity contribution in [2.45, 2.75) is 53.1 Å². The topological polar surface area (TPSA) is 69.4 Å². The first-order valence-corrected chi connectivity index (χ1v) is 8.25. The summed E-state index contributed by atoms with van der Waals surface area (Å²) >= 11 is 0. The van der Waals surface area contributed by atoms with Crippen LogP contribution in [0.1, 0.15) is 56.0 Å². The fourth-order valence-electron chi connectivity index (χ4n) is 3.44. The second-order valence-corrected chi connectivity index (χ2v) is 7.03. The van der Waals surface area contributed by atoms with E-state index in [9.17, 15) is 14.9 Å². The van der Waals surface area contributed by atoms with Crippen molar-refractivity contribution in [2.24, 2.45) is 17.8 Å². The molecule has 0 saturated heterocycles. The van der Waals surface area contributed by atoms with Crippen molar-refractivity contribution in [1.29, 1.82) is 0 Å². The number of carbonyl (C=O) groups excluding carboxylic acids is 1. The largest absolute Gasteiger partial charge is 0.458 e. The summed E-state index contributed by atoms with van der Waals surface area (Å²) < 4.78 is 5.77. The molecule has 5 nitrogen and oxygen atoms in total. The third kappa shape index (κ3) is 4.09. The lowest BCUT2D eigenvalue weighted by Gasteiger charge is -2.36. The Morgan fingerprint density at radius 1 is 1.35 bits per heavy atom. The van der Waals surface area contributed by atoms with Crippen molar-refractivity contribution in [1.82, 2.24) is 0 Å². The smallest absolute Gasteiger partial charge is 0.338 e. The Balaban J connectivity index is 2.13. The summed E-state index contributed by atoms with van der Waals surface area (Å²) in [5.74, 6) is 1.03. The maximum Gasteiger partial charge on any atom is 0.338 e. The van der Waals surface area contributed by atoms with Crippen LogP contribution >= 0.6 is 0 Å². The van der Waals surface area contributed by atoms with Crippen LogP contribution in [0.3, 0.4) is 0 Å². The molecule has 126 valence electrons. The SMILES string of the molecule is Cc1cc(C(=O)O[C@@H]2C[C@@H](C)CC[C@H]2C(C)C)ccc1[N+](=O)[O-]. The zero-order chi connectivity index (χ0) is 17.1. The number of hydrogen-bond acceptors (Lipinski definition) is 4. The molecule has 3 atom stereocenters. The van der Waals surface area contributed by atoms with E-state index in [2.05, 4.69) is 20.8 Å². The molecule has 5 heteroatoms. The van der Waals surface area contributed by atoms with Crippen molar-refractivity contribution >= 4 is 11.7 Å². The zero-order valence-corrected chi connectivity index (χ0v) is 14.2. The summed E-state index contributed by atoms with van der Waals surface area (Å²) in [4.78, 5) is 22.8. The predicted molar refractivity (Wildman–Crippen MR) is 88.4 cm³/mol. The Bertz CT molecular complexity index is 597. The van der Waals surface area contributed by atoms with E-state index in [1.54, 1.807) is 6.92 Å². The van der Waals surface area contributed by atoms with Gasteiger partial charge >= 0.3 is 5.97 Å². The van der Waals surface area contributed by atoms with Crippen LogP contribution < -0.4 is 0 Å². The zero-order valence-electron chi connectivity index (χ0n) is 14.2. The number of aryl methyl sites for hydroxylation is 1. The van der Waals surface area contributed by atoms with Gasteiger partial charge in [0, 0.05) is 11.6 Å². The van der Waals surface area contributed by atoms with Crippen LogP contribution in [-0.2, 0) is 4.74 Å². The molecule has 1 saturated carbocycles. The second-order valence-electron chi connectivity index (χ2n) is 7.03. The van der Waals surface area contributed by atoms with Gasteiger partial charge in [-0.05, 0) is 49.7 Å². The van der Waals surface area contributed by atoms with Crippen LogP contribution in [0.25, 0.3) is 0 Å². The summed E-state index contributed by atoms with van der Waals surface area (Å²) in [6, 6.07) is 4.39. The lowest BCUT2D eigenvalue weighted by molar-refractivity contribution is -0.385. The van der Waals surface area contributed by atoms with Gasteiger partial charge in [0.1, 0.15) is 6.10 Å². The fraction of sp³-hybridized carbons (Fsp3) is 0.611. The number of nitro groups is 1. The van der Waals surface area contributed by atoms with Crippen molar-refractivity contribution < 1.29 is 14.5 Å². The summed E-state index contributed by atoms with van der Waals surface area (Å²) in [5, 5.41) is 10.9. The maximum atomic E-state index is 12.4. The maximum absolute atomic E-state index is 12.4. The lowest BCUT2D eigenvalue weighted by Crippen LogP contribution is -2.35. The van der Waals surface area contributed by atoms with Gasteiger partial charge in [0.2, 0.25) is 0 Å². The number of carbonyl (C=O) groups is 1. The first kappa shape index (κ1) is 17.4. The van der Waals surface area contributed by atoms with E-state index in [-0.39, 0.29) is 17.8 Å². The Hall–Kier alpha value is -1.91. The number of nitrogens with zero attached hydrogens (tertiary/aromatic N) is 1. The third-order valence-corrected chi connectivity index (χ3v) is 4.85. The normalized spacial score (nSPS) is 24.5. The molecule has 0 radical (unpaired) electrons. The number of hydrogen-bond donors (Lipinski definition) is 0. The molecule has 0 bridgehead atoms. The van der Waals surface area contributed by atoms with Gasteiger partial charge < -0.3 is 4.74 Å². The van der Waals surface area contributed by atoms with E-state index in [1.165, 1.54) is 24.6 Å². The highest BCUT2D eigenvalue weighted by Gasteiger charge is 2.33. The molecule has 1 aromatic carbocycles. The fourth-order valence-corrected chi connectivity index (χ4v) is 3.44. The number of ether oxygens (including phenoxy) is 1. The van der Waals surface area contributed by atoms with Gasteiger partial charge in [-0.15, -0.1) is 0 Å². The third-order valence-electron chi connectivity index (χ3n) is 4.85. The predicted octanol–water partition coefficient (Wildman–Crippen LogP) is 4.52. The van der Waals surface area contributed by atoms with E-state index >= 15 is 0 Å². The molecule has 0 amide bonds. The van der Waals surface area contributed by atoms with Crippen LogP contribution in [0.5, 0.6) is 0 Å². The molecule has 0 aliphatic heterocycles. The van der Waals surface area contributed by atoms with E-state index in [4.69, 9.17) is 4.74 Å². The molecular formula is C18H25NO4. The van der Waals surface area contributed by atoms with E-state index in [0.29, 0.717) is 28.9 Å². The minimum absolute atomic E-state index is 0.0212. The van der Waals surface area contributed by atoms with Gasteiger partial charge in [-0.2, -0.15) is 0 Å². The average Bonchev–Trinajstić information content (AvgIpc) is 2.46. The highest BCUT2D eigenvalue weighted by Crippen LogP contribution is 2.35. The molecule has 0 heterocycles. The molecule has 1 aromatic rings. The van der Waals surface area contributed by atoms with Crippen molar-refractivity contribution in [3.05, 3.63) is 39.4 Å². The lowest BCUT2D eigenvalue weighted by atomic mass is 9.75. The van der Waals surface area contributed by atoms with Gasteiger partial charge in [0.25, 0.3) is 5.69 Å². The van der Waals surface area contributed by atoms with Gasteiger partial charge in [-0.1, -0.05) is 27.2 Å². The van der Waals surface area contributed by atoms with Gasteiger partial charge in [0.05, 0.1) is 10.5 Å². The Labute approximate surface area is 137 Å². The molecule has 0 unspecified atom stereocenters. The summed E-state index contributed by atoms with van der Waals surface area (Å²) in [5.41, 5.74) is 0.878. The molecule has 0 aromatic heterocycles. The number of esters is 1. The van der Waals surface area contributed by atoms with Gasteiger partial charge in [0.15, 0.2) is 0 Å².